The van der Waals surface area contributed by atoms with Gasteiger partial charge < -0.3 is 10.2 Å². The van der Waals surface area contributed by atoms with Gasteiger partial charge in [0.15, 0.2) is 0 Å². The van der Waals surface area contributed by atoms with Crippen molar-refractivity contribution in [3.63, 3.8) is 0 Å². The third kappa shape index (κ3) is 2.26. The number of nitrogens with zero attached hydrogens (tertiary/aromatic N) is 1. The molecule has 0 saturated carbocycles. The lowest BCUT2D eigenvalue weighted by Crippen LogP contribution is -2.68. The van der Waals surface area contributed by atoms with Gasteiger partial charge >= 0.3 is 0 Å². The number of nitrogens with one attached hydrogen (secondary N) is 1. The minimum atomic E-state index is 0.139. The van der Waals surface area contributed by atoms with Gasteiger partial charge in [0, 0.05) is 29.9 Å². The Morgan fingerprint density at radius 2 is 1.56 bits per heavy atom. The Labute approximate surface area is 111 Å². The first-order valence-electron chi connectivity index (χ1n) is 6.82. The predicted molar refractivity (Wildman–Crippen MR) is 79.4 cm³/mol. The third-order valence-corrected chi connectivity index (χ3v) is 3.93. The number of aryl methyl sites for hydroxylation is 2. The molecule has 1 saturated heterocycles. The standard InChI is InChI=1S/C16H26N2/c1-12-7-8-13(2)14(9-12)18-15(3,4)10-17-11-16(18,5)6/h7-9,17H,10-11H2,1-6H3. The molecule has 1 fully saturated rings. The molecule has 18 heavy (non-hydrogen) atoms. The van der Waals surface area contributed by atoms with Crippen molar-refractivity contribution in [1.82, 2.24) is 5.32 Å². The molecule has 0 bridgehead atoms. The smallest absolute Gasteiger partial charge is 0.0476 e. The molecule has 0 aromatic heterocycles. The molecule has 1 aromatic carbocycles. The Hall–Kier alpha value is -1.02. The second-order valence-electron chi connectivity index (χ2n) is 6.85. The summed E-state index contributed by atoms with van der Waals surface area (Å²) in [6, 6.07) is 6.75. The Kier molecular flexibility index (Phi) is 3.18. The highest BCUT2D eigenvalue weighted by Gasteiger charge is 2.41. The summed E-state index contributed by atoms with van der Waals surface area (Å²) in [5.41, 5.74) is 4.36. The van der Waals surface area contributed by atoms with E-state index >= 15 is 0 Å². The van der Waals surface area contributed by atoms with E-state index in [0.717, 1.165) is 13.1 Å². The second kappa shape index (κ2) is 4.27. The molecule has 0 radical (unpaired) electrons. The summed E-state index contributed by atoms with van der Waals surface area (Å²) in [7, 11) is 0. The van der Waals surface area contributed by atoms with Crippen molar-refractivity contribution < 1.29 is 0 Å². The molecule has 0 atom stereocenters. The van der Waals surface area contributed by atoms with E-state index in [9.17, 15) is 0 Å². The Morgan fingerprint density at radius 3 is 2.11 bits per heavy atom. The maximum atomic E-state index is 3.56. The third-order valence-electron chi connectivity index (χ3n) is 3.93. The zero-order chi connectivity index (χ0) is 13.6. The van der Waals surface area contributed by atoms with Crippen molar-refractivity contribution >= 4 is 5.69 Å². The minimum absolute atomic E-state index is 0.139. The first-order chi connectivity index (χ1) is 8.24. The molecule has 1 heterocycles. The van der Waals surface area contributed by atoms with Gasteiger partial charge in [0.1, 0.15) is 0 Å². The van der Waals surface area contributed by atoms with Crippen molar-refractivity contribution in [1.29, 1.82) is 0 Å². The fourth-order valence-corrected chi connectivity index (χ4v) is 3.26. The van der Waals surface area contributed by atoms with Crippen molar-refractivity contribution in [2.45, 2.75) is 52.6 Å². The molecule has 0 aliphatic carbocycles. The van der Waals surface area contributed by atoms with Gasteiger partial charge in [0.05, 0.1) is 0 Å². The molecule has 100 valence electrons. The van der Waals surface area contributed by atoms with Crippen LogP contribution in [0.4, 0.5) is 5.69 Å². The maximum Gasteiger partial charge on any atom is 0.0476 e. The Bertz CT molecular complexity index is 430. The van der Waals surface area contributed by atoms with Gasteiger partial charge in [-0.3, -0.25) is 0 Å². The minimum Gasteiger partial charge on any atom is -0.359 e. The van der Waals surface area contributed by atoms with Crippen LogP contribution in [0.1, 0.15) is 38.8 Å². The monoisotopic (exact) mass is 246 g/mol. The summed E-state index contributed by atoms with van der Waals surface area (Å²) < 4.78 is 0. The van der Waals surface area contributed by atoms with E-state index in [1.807, 2.05) is 0 Å². The number of benzene rings is 1. The van der Waals surface area contributed by atoms with Crippen molar-refractivity contribution in [2.75, 3.05) is 18.0 Å². The average Bonchev–Trinajstić information content (AvgIpc) is 2.20. The summed E-state index contributed by atoms with van der Waals surface area (Å²) in [6.07, 6.45) is 0. The second-order valence-corrected chi connectivity index (χ2v) is 6.85. The summed E-state index contributed by atoms with van der Waals surface area (Å²) in [5.74, 6) is 0. The molecule has 2 rings (SSSR count). The van der Waals surface area contributed by atoms with Gasteiger partial charge in [-0.1, -0.05) is 12.1 Å². The molecule has 1 aliphatic heterocycles. The SMILES string of the molecule is Cc1ccc(C)c(N2C(C)(C)CNCC2(C)C)c1. The quantitative estimate of drug-likeness (QED) is 0.818. The highest BCUT2D eigenvalue weighted by Crippen LogP contribution is 2.36. The van der Waals surface area contributed by atoms with Crippen LogP contribution >= 0.6 is 0 Å². The number of hydrogen-bond donors (Lipinski definition) is 1. The fraction of sp³-hybridized carbons (Fsp3) is 0.625. The number of hydrogen-bond acceptors (Lipinski definition) is 2. The van der Waals surface area contributed by atoms with Crippen LogP contribution < -0.4 is 10.2 Å². The van der Waals surface area contributed by atoms with Gasteiger partial charge in [0.25, 0.3) is 0 Å². The van der Waals surface area contributed by atoms with Crippen LogP contribution in [-0.2, 0) is 0 Å². The Morgan fingerprint density at radius 1 is 1.00 bits per heavy atom. The summed E-state index contributed by atoms with van der Waals surface area (Å²) in [4.78, 5) is 2.60. The molecule has 0 unspecified atom stereocenters. The zero-order valence-electron chi connectivity index (χ0n) is 12.6. The molecule has 1 aromatic rings. The molecular weight excluding hydrogens is 220 g/mol. The molecular formula is C16H26N2. The summed E-state index contributed by atoms with van der Waals surface area (Å²) >= 11 is 0. The zero-order valence-corrected chi connectivity index (χ0v) is 12.6. The fourth-order valence-electron chi connectivity index (χ4n) is 3.26. The molecule has 0 amide bonds. The van der Waals surface area contributed by atoms with Crippen molar-refractivity contribution in [3.05, 3.63) is 29.3 Å². The van der Waals surface area contributed by atoms with Crippen LogP contribution in [0.15, 0.2) is 18.2 Å². The number of piperazine rings is 1. The first-order valence-corrected chi connectivity index (χ1v) is 6.82. The van der Waals surface area contributed by atoms with Crippen LogP contribution in [0.5, 0.6) is 0 Å². The van der Waals surface area contributed by atoms with E-state index in [0.29, 0.717) is 0 Å². The molecule has 1 N–H and O–H groups in total. The van der Waals surface area contributed by atoms with E-state index in [1.54, 1.807) is 0 Å². The van der Waals surface area contributed by atoms with Crippen LogP contribution in [0.2, 0.25) is 0 Å². The lowest BCUT2D eigenvalue weighted by atomic mass is 9.87. The largest absolute Gasteiger partial charge is 0.359 e. The normalized spacial score (nSPS) is 22.0. The molecule has 2 heteroatoms. The highest BCUT2D eigenvalue weighted by molar-refractivity contribution is 5.59. The van der Waals surface area contributed by atoms with Crippen LogP contribution in [0, 0.1) is 13.8 Å². The molecule has 0 spiro atoms. The summed E-state index contributed by atoms with van der Waals surface area (Å²) in [6.45, 7) is 15.7. The average molecular weight is 246 g/mol. The lowest BCUT2D eigenvalue weighted by molar-refractivity contribution is 0.263. The van der Waals surface area contributed by atoms with E-state index in [-0.39, 0.29) is 11.1 Å². The van der Waals surface area contributed by atoms with E-state index in [2.05, 4.69) is 70.0 Å². The predicted octanol–water partition coefficient (Wildman–Crippen LogP) is 3.27. The first kappa shape index (κ1) is 13.4. The van der Waals surface area contributed by atoms with E-state index in [4.69, 9.17) is 0 Å². The topological polar surface area (TPSA) is 15.3 Å². The highest BCUT2D eigenvalue weighted by atomic mass is 15.3. The van der Waals surface area contributed by atoms with Crippen LogP contribution in [0.25, 0.3) is 0 Å². The number of rotatable bonds is 1. The van der Waals surface area contributed by atoms with Gasteiger partial charge in [-0.05, 0) is 58.7 Å². The van der Waals surface area contributed by atoms with Gasteiger partial charge in [-0.2, -0.15) is 0 Å². The van der Waals surface area contributed by atoms with Gasteiger partial charge in [-0.15, -0.1) is 0 Å². The van der Waals surface area contributed by atoms with Crippen LogP contribution in [0.3, 0.4) is 0 Å². The molecule has 1 aliphatic rings. The van der Waals surface area contributed by atoms with Crippen molar-refractivity contribution in [2.24, 2.45) is 0 Å². The van der Waals surface area contributed by atoms with Crippen molar-refractivity contribution in [3.8, 4) is 0 Å². The lowest BCUT2D eigenvalue weighted by Gasteiger charge is -2.55. The maximum absolute atomic E-state index is 3.56. The van der Waals surface area contributed by atoms with E-state index < -0.39 is 0 Å². The number of anilines is 1. The van der Waals surface area contributed by atoms with Gasteiger partial charge in [0.2, 0.25) is 0 Å². The van der Waals surface area contributed by atoms with E-state index in [1.165, 1.54) is 16.8 Å². The summed E-state index contributed by atoms with van der Waals surface area (Å²) in [5, 5.41) is 3.56. The molecule has 2 nitrogen and oxygen atoms in total. The Balaban J connectivity index is 2.54. The van der Waals surface area contributed by atoms with Crippen LogP contribution in [-0.4, -0.2) is 24.2 Å². The van der Waals surface area contributed by atoms with Gasteiger partial charge in [-0.25, -0.2) is 0 Å².